The second-order valence-electron chi connectivity index (χ2n) is 5.50. The number of rotatable bonds is 9. The fourth-order valence-electron chi connectivity index (χ4n) is 2.35. The van der Waals surface area contributed by atoms with Gasteiger partial charge in [0.1, 0.15) is 5.75 Å². The summed E-state index contributed by atoms with van der Waals surface area (Å²) in [5, 5.41) is 3.03. The van der Waals surface area contributed by atoms with Crippen molar-refractivity contribution in [2.75, 3.05) is 32.2 Å². The van der Waals surface area contributed by atoms with E-state index < -0.39 is 5.97 Å². The maximum atomic E-state index is 12.6. The minimum atomic E-state index is -0.465. The highest BCUT2D eigenvalue weighted by molar-refractivity contribution is 6.32. The first kappa shape index (κ1) is 21.4. The first-order valence-corrected chi connectivity index (χ1v) is 9.06. The Bertz CT molecular complexity index is 839. The van der Waals surface area contributed by atoms with Crippen molar-refractivity contribution in [3.8, 4) is 17.2 Å². The van der Waals surface area contributed by atoms with Crippen LogP contribution in [0.4, 0.5) is 5.69 Å². The number of ether oxygens (including phenoxy) is 4. The molecule has 8 heteroatoms. The zero-order valence-electron chi connectivity index (χ0n) is 15.9. The Labute approximate surface area is 168 Å². The van der Waals surface area contributed by atoms with Crippen molar-refractivity contribution in [3.63, 3.8) is 0 Å². The third-order valence-corrected chi connectivity index (χ3v) is 3.81. The van der Waals surface area contributed by atoms with E-state index in [4.69, 9.17) is 30.5 Å². The van der Waals surface area contributed by atoms with E-state index in [2.05, 4.69) is 5.32 Å². The molecule has 0 fully saturated rings. The smallest absolute Gasteiger partial charge is 0.344 e. The topological polar surface area (TPSA) is 83.1 Å². The van der Waals surface area contributed by atoms with Crippen LogP contribution in [0.5, 0.6) is 17.2 Å². The molecule has 0 aromatic heterocycles. The summed E-state index contributed by atoms with van der Waals surface area (Å²) in [4.78, 5) is 24.0. The van der Waals surface area contributed by atoms with Gasteiger partial charge < -0.3 is 24.3 Å². The van der Waals surface area contributed by atoms with Gasteiger partial charge in [0.15, 0.2) is 18.1 Å². The summed E-state index contributed by atoms with van der Waals surface area (Å²) in [5.74, 6) is 0.329. The zero-order chi connectivity index (χ0) is 20.5. The van der Waals surface area contributed by atoms with Crippen LogP contribution in [0.2, 0.25) is 5.02 Å². The maximum Gasteiger partial charge on any atom is 0.344 e. The Morgan fingerprint density at radius 2 is 1.86 bits per heavy atom. The number of amides is 1. The Hall–Kier alpha value is -2.93. The molecule has 0 heterocycles. The number of esters is 1. The molecule has 0 saturated heterocycles. The van der Waals surface area contributed by atoms with Crippen LogP contribution in [-0.4, -0.2) is 38.8 Å². The van der Waals surface area contributed by atoms with E-state index in [-0.39, 0.29) is 24.1 Å². The van der Waals surface area contributed by atoms with Gasteiger partial charge in [0, 0.05) is 17.3 Å². The Morgan fingerprint density at radius 1 is 1.07 bits per heavy atom. The van der Waals surface area contributed by atoms with Crippen LogP contribution >= 0.6 is 11.6 Å². The van der Waals surface area contributed by atoms with Crippen LogP contribution in [0, 0.1) is 0 Å². The second kappa shape index (κ2) is 10.4. The molecule has 150 valence electrons. The van der Waals surface area contributed by atoms with Crippen molar-refractivity contribution in [2.45, 2.75) is 13.8 Å². The predicted octanol–water partition coefficient (Wildman–Crippen LogP) is 3.94. The fraction of sp³-hybridized carbons (Fsp3) is 0.300. The van der Waals surface area contributed by atoms with Gasteiger partial charge in [0.05, 0.1) is 25.3 Å². The van der Waals surface area contributed by atoms with Crippen LogP contribution in [0.25, 0.3) is 0 Å². The quantitative estimate of drug-likeness (QED) is 0.634. The Morgan fingerprint density at radius 3 is 2.54 bits per heavy atom. The van der Waals surface area contributed by atoms with Gasteiger partial charge >= 0.3 is 5.97 Å². The first-order chi connectivity index (χ1) is 13.5. The molecule has 0 bridgehead atoms. The van der Waals surface area contributed by atoms with E-state index in [1.54, 1.807) is 37.3 Å². The van der Waals surface area contributed by atoms with Crippen LogP contribution in [0.15, 0.2) is 36.4 Å². The maximum absolute atomic E-state index is 12.6. The van der Waals surface area contributed by atoms with Gasteiger partial charge in [-0.15, -0.1) is 0 Å². The normalized spacial score (nSPS) is 10.1. The summed E-state index contributed by atoms with van der Waals surface area (Å²) < 4.78 is 20.9. The summed E-state index contributed by atoms with van der Waals surface area (Å²) in [7, 11) is 1.47. The molecule has 28 heavy (non-hydrogen) atoms. The SMILES string of the molecule is CCOC(=O)COc1cccc(NC(=O)c2cc(Cl)c(OCC)c(OC)c2)c1. The molecule has 0 spiro atoms. The van der Waals surface area contributed by atoms with Crippen LogP contribution < -0.4 is 19.5 Å². The van der Waals surface area contributed by atoms with E-state index in [1.165, 1.54) is 13.2 Å². The van der Waals surface area contributed by atoms with Crippen molar-refractivity contribution in [1.82, 2.24) is 0 Å². The van der Waals surface area contributed by atoms with E-state index in [0.29, 0.717) is 35.1 Å². The molecule has 0 atom stereocenters. The average molecular weight is 408 g/mol. The number of nitrogens with one attached hydrogen (secondary N) is 1. The molecule has 7 nitrogen and oxygen atoms in total. The molecular formula is C20H22ClNO6. The molecule has 0 unspecified atom stereocenters. The number of hydrogen-bond acceptors (Lipinski definition) is 6. The van der Waals surface area contributed by atoms with E-state index in [1.807, 2.05) is 6.92 Å². The van der Waals surface area contributed by atoms with Gasteiger partial charge in [-0.3, -0.25) is 4.79 Å². The lowest BCUT2D eigenvalue weighted by Gasteiger charge is -2.13. The van der Waals surface area contributed by atoms with Gasteiger partial charge in [-0.05, 0) is 38.1 Å². The third-order valence-electron chi connectivity index (χ3n) is 3.53. The molecule has 2 aromatic rings. The third kappa shape index (κ3) is 5.79. The van der Waals surface area contributed by atoms with Crippen molar-refractivity contribution >= 4 is 29.2 Å². The molecule has 1 amide bonds. The second-order valence-corrected chi connectivity index (χ2v) is 5.91. The van der Waals surface area contributed by atoms with Gasteiger partial charge in [-0.1, -0.05) is 17.7 Å². The minimum absolute atomic E-state index is 0.211. The predicted molar refractivity (Wildman–Crippen MR) is 106 cm³/mol. The van der Waals surface area contributed by atoms with Gasteiger partial charge in [-0.25, -0.2) is 4.79 Å². The summed E-state index contributed by atoms with van der Waals surface area (Å²) in [6.07, 6.45) is 0. The monoisotopic (exact) mass is 407 g/mol. The molecule has 0 aliphatic rings. The highest BCUT2D eigenvalue weighted by atomic mass is 35.5. The minimum Gasteiger partial charge on any atom is -0.493 e. The van der Waals surface area contributed by atoms with Gasteiger partial charge in [0.2, 0.25) is 0 Å². The van der Waals surface area contributed by atoms with E-state index in [9.17, 15) is 9.59 Å². The Balaban J connectivity index is 2.11. The Kier molecular flexibility index (Phi) is 7.95. The highest BCUT2D eigenvalue weighted by Gasteiger charge is 2.16. The number of carbonyl (C=O) groups excluding carboxylic acids is 2. The van der Waals surface area contributed by atoms with Crippen LogP contribution in [-0.2, 0) is 9.53 Å². The van der Waals surface area contributed by atoms with E-state index in [0.717, 1.165) is 0 Å². The number of hydrogen-bond donors (Lipinski definition) is 1. The molecule has 2 rings (SSSR count). The van der Waals surface area contributed by atoms with Crippen molar-refractivity contribution < 1.29 is 28.5 Å². The number of halogens is 1. The molecule has 0 radical (unpaired) electrons. The molecule has 2 aromatic carbocycles. The van der Waals surface area contributed by atoms with Crippen LogP contribution in [0.3, 0.4) is 0 Å². The van der Waals surface area contributed by atoms with Crippen molar-refractivity contribution in [3.05, 3.63) is 47.0 Å². The van der Waals surface area contributed by atoms with Crippen LogP contribution in [0.1, 0.15) is 24.2 Å². The molecule has 1 N–H and O–H groups in total. The molecule has 0 aliphatic carbocycles. The lowest BCUT2D eigenvalue weighted by Crippen LogP contribution is -2.15. The lowest BCUT2D eigenvalue weighted by atomic mass is 10.1. The average Bonchev–Trinajstić information content (AvgIpc) is 2.68. The molecule has 0 aliphatic heterocycles. The van der Waals surface area contributed by atoms with Crippen molar-refractivity contribution in [1.29, 1.82) is 0 Å². The lowest BCUT2D eigenvalue weighted by molar-refractivity contribution is -0.145. The van der Waals surface area contributed by atoms with Crippen molar-refractivity contribution in [2.24, 2.45) is 0 Å². The van der Waals surface area contributed by atoms with E-state index >= 15 is 0 Å². The van der Waals surface area contributed by atoms with Gasteiger partial charge in [0.25, 0.3) is 5.91 Å². The standard InChI is InChI=1S/C20H22ClNO6/c1-4-26-18(23)12-28-15-8-6-7-14(11-15)22-20(24)13-9-16(21)19(27-5-2)17(10-13)25-3/h6-11H,4-5,12H2,1-3H3,(H,22,24). The molecular weight excluding hydrogens is 386 g/mol. The number of anilines is 1. The summed E-state index contributed by atoms with van der Waals surface area (Å²) in [5.41, 5.74) is 0.804. The summed E-state index contributed by atoms with van der Waals surface area (Å²) >= 11 is 6.21. The highest BCUT2D eigenvalue weighted by Crippen LogP contribution is 2.36. The number of benzene rings is 2. The molecule has 0 saturated carbocycles. The summed E-state index contributed by atoms with van der Waals surface area (Å²) in [6, 6.07) is 9.72. The summed E-state index contributed by atoms with van der Waals surface area (Å²) in [6.45, 7) is 4.03. The van der Waals surface area contributed by atoms with Gasteiger partial charge in [-0.2, -0.15) is 0 Å². The zero-order valence-corrected chi connectivity index (χ0v) is 16.7. The number of methoxy groups -OCH3 is 1. The first-order valence-electron chi connectivity index (χ1n) is 8.68. The fourth-order valence-corrected chi connectivity index (χ4v) is 2.61. The largest absolute Gasteiger partial charge is 0.493 e. The number of carbonyl (C=O) groups is 2.